The number of nitrogens with zero attached hydrogens (tertiary/aromatic N) is 3. The van der Waals surface area contributed by atoms with Crippen LogP contribution in [0, 0.1) is 4.77 Å². The Morgan fingerprint density at radius 1 is 1.33 bits per heavy atom. The van der Waals surface area contributed by atoms with Gasteiger partial charge in [-0.2, -0.15) is 11.8 Å². The van der Waals surface area contributed by atoms with E-state index in [2.05, 4.69) is 19.4 Å². The Balaban J connectivity index is 1.77. The molecule has 1 fully saturated rings. The average Bonchev–Trinajstić information content (AvgIpc) is 2.73. The van der Waals surface area contributed by atoms with E-state index in [1.54, 1.807) is 0 Å². The number of nitrogens with one attached hydrogen (secondary N) is 1. The number of aromatic nitrogens is 3. The van der Waals surface area contributed by atoms with Crippen molar-refractivity contribution in [2.75, 3.05) is 31.1 Å². The molecule has 0 aromatic carbocycles. The standard InChI is InChI=1S/C12H16N4S2/c17-12-14-10-2-1-3-13-11(10)16(12)5-4-15-6-8-18-9-7-15/h1-3H,4-9H2,(H,14,17). The summed E-state index contributed by atoms with van der Waals surface area (Å²) in [4.78, 5) is 10.1. The fourth-order valence-corrected chi connectivity index (χ4v) is 3.53. The van der Waals surface area contributed by atoms with Gasteiger partial charge in [-0.1, -0.05) is 0 Å². The van der Waals surface area contributed by atoms with E-state index in [-0.39, 0.29) is 0 Å². The summed E-state index contributed by atoms with van der Waals surface area (Å²) < 4.78 is 2.88. The number of fused-ring (bicyclic) bond motifs is 1. The molecular formula is C12H16N4S2. The van der Waals surface area contributed by atoms with Crippen LogP contribution in [0.15, 0.2) is 18.3 Å². The van der Waals surface area contributed by atoms with Crippen LogP contribution >= 0.6 is 24.0 Å². The summed E-state index contributed by atoms with van der Waals surface area (Å²) in [5.74, 6) is 2.50. The highest BCUT2D eigenvalue weighted by Gasteiger charge is 2.11. The van der Waals surface area contributed by atoms with E-state index in [0.717, 1.165) is 29.0 Å². The average molecular weight is 280 g/mol. The number of hydrogen-bond donors (Lipinski definition) is 1. The largest absolute Gasteiger partial charge is 0.329 e. The van der Waals surface area contributed by atoms with Gasteiger partial charge in [0.2, 0.25) is 0 Å². The highest BCUT2D eigenvalue weighted by atomic mass is 32.2. The van der Waals surface area contributed by atoms with Crippen molar-refractivity contribution >= 4 is 35.1 Å². The molecule has 96 valence electrons. The van der Waals surface area contributed by atoms with Gasteiger partial charge in [0.05, 0.1) is 5.52 Å². The smallest absolute Gasteiger partial charge is 0.179 e. The van der Waals surface area contributed by atoms with E-state index in [1.165, 1.54) is 24.6 Å². The lowest BCUT2D eigenvalue weighted by molar-refractivity contribution is 0.290. The summed E-state index contributed by atoms with van der Waals surface area (Å²) >= 11 is 7.40. The maximum Gasteiger partial charge on any atom is 0.179 e. The minimum absolute atomic E-state index is 0.773. The monoisotopic (exact) mass is 280 g/mol. The van der Waals surface area contributed by atoms with Crippen molar-refractivity contribution in [1.82, 2.24) is 19.4 Å². The molecule has 3 heterocycles. The zero-order valence-corrected chi connectivity index (χ0v) is 11.8. The van der Waals surface area contributed by atoms with Crippen molar-refractivity contribution < 1.29 is 0 Å². The Bertz CT molecular complexity index is 583. The summed E-state index contributed by atoms with van der Waals surface area (Å²) in [5.41, 5.74) is 1.99. The molecule has 0 atom stereocenters. The second-order valence-electron chi connectivity index (χ2n) is 4.41. The number of aromatic amines is 1. The van der Waals surface area contributed by atoms with Crippen LogP contribution in [0.1, 0.15) is 0 Å². The Hall–Kier alpha value is -0.850. The Morgan fingerprint density at radius 3 is 3.00 bits per heavy atom. The zero-order valence-electron chi connectivity index (χ0n) is 10.1. The molecule has 1 aliphatic rings. The van der Waals surface area contributed by atoms with Crippen LogP contribution in [0.2, 0.25) is 0 Å². The highest BCUT2D eigenvalue weighted by Crippen LogP contribution is 2.12. The van der Waals surface area contributed by atoms with E-state index >= 15 is 0 Å². The molecule has 0 saturated carbocycles. The van der Waals surface area contributed by atoms with E-state index in [0.29, 0.717) is 0 Å². The maximum absolute atomic E-state index is 5.36. The molecule has 1 saturated heterocycles. The molecule has 4 nitrogen and oxygen atoms in total. The van der Waals surface area contributed by atoms with Gasteiger partial charge in [0.1, 0.15) is 0 Å². The lowest BCUT2D eigenvalue weighted by Gasteiger charge is -2.26. The van der Waals surface area contributed by atoms with Crippen LogP contribution in [0.3, 0.4) is 0 Å². The van der Waals surface area contributed by atoms with E-state index in [1.807, 2.05) is 30.1 Å². The van der Waals surface area contributed by atoms with Gasteiger partial charge in [-0.05, 0) is 24.4 Å². The van der Waals surface area contributed by atoms with E-state index in [4.69, 9.17) is 12.2 Å². The molecule has 2 aromatic rings. The molecule has 1 aliphatic heterocycles. The molecule has 18 heavy (non-hydrogen) atoms. The van der Waals surface area contributed by atoms with Crippen molar-refractivity contribution in [3.8, 4) is 0 Å². The molecule has 0 radical (unpaired) electrons. The first-order chi connectivity index (χ1) is 8.84. The van der Waals surface area contributed by atoms with E-state index in [9.17, 15) is 0 Å². The molecule has 6 heteroatoms. The number of rotatable bonds is 3. The first-order valence-corrected chi connectivity index (χ1v) is 7.74. The van der Waals surface area contributed by atoms with Crippen molar-refractivity contribution in [3.05, 3.63) is 23.1 Å². The lowest BCUT2D eigenvalue weighted by atomic mass is 10.4. The van der Waals surface area contributed by atoms with Crippen LogP contribution in [0.5, 0.6) is 0 Å². The molecular weight excluding hydrogens is 264 g/mol. The van der Waals surface area contributed by atoms with Crippen LogP contribution in [-0.4, -0.2) is 50.6 Å². The molecule has 1 N–H and O–H groups in total. The van der Waals surface area contributed by atoms with E-state index < -0.39 is 0 Å². The third-order valence-electron chi connectivity index (χ3n) is 3.27. The van der Waals surface area contributed by atoms with Crippen molar-refractivity contribution in [2.45, 2.75) is 6.54 Å². The fourth-order valence-electron chi connectivity index (χ4n) is 2.26. The SMILES string of the molecule is S=c1[nH]c2cccnc2n1CCN1CCSCC1. The number of hydrogen-bond acceptors (Lipinski definition) is 4. The van der Waals surface area contributed by atoms with Crippen LogP contribution in [0.25, 0.3) is 11.2 Å². The van der Waals surface area contributed by atoms with Crippen molar-refractivity contribution in [3.63, 3.8) is 0 Å². The summed E-state index contributed by atoms with van der Waals surface area (Å²) in [6, 6.07) is 3.95. The van der Waals surface area contributed by atoms with Gasteiger partial charge in [0, 0.05) is 43.9 Å². The Labute approximate surface area is 115 Å². The predicted molar refractivity (Wildman–Crippen MR) is 78.7 cm³/mol. The normalized spacial score (nSPS) is 17.3. The van der Waals surface area contributed by atoms with Gasteiger partial charge in [-0.15, -0.1) is 0 Å². The number of imidazole rings is 1. The van der Waals surface area contributed by atoms with Gasteiger partial charge in [0.15, 0.2) is 10.4 Å². The summed E-state index contributed by atoms with van der Waals surface area (Å²) in [5, 5.41) is 0. The second-order valence-corrected chi connectivity index (χ2v) is 6.02. The maximum atomic E-state index is 5.36. The first kappa shape index (κ1) is 12.2. The number of pyridine rings is 1. The molecule has 0 aliphatic carbocycles. The van der Waals surface area contributed by atoms with Gasteiger partial charge in [0.25, 0.3) is 0 Å². The molecule has 0 spiro atoms. The van der Waals surface area contributed by atoms with Gasteiger partial charge in [-0.3, -0.25) is 4.90 Å². The van der Waals surface area contributed by atoms with Crippen LogP contribution < -0.4 is 0 Å². The van der Waals surface area contributed by atoms with Gasteiger partial charge < -0.3 is 9.55 Å². The minimum atomic E-state index is 0.773. The molecule has 0 unspecified atom stereocenters. The summed E-state index contributed by atoms with van der Waals surface area (Å²) in [6.07, 6.45) is 1.82. The van der Waals surface area contributed by atoms with Gasteiger partial charge in [-0.25, -0.2) is 4.98 Å². The predicted octanol–water partition coefficient (Wildman–Crippen LogP) is 2.14. The highest BCUT2D eigenvalue weighted by molar-refractivity contribution is 7.99. The second kappa shape index (κ2) is 5.42. The first-order valence-electron chi connectivity index (χ1n) is 6.18. The molecule has 3 rings (SSSR count). The number of thioether (sulfide) groups is 1. The van der Waals surface area contributed by atoms with Crippen molar-refractivity contribution in [1.29, 1.82) is 0 Å². The molecule has 0 bridgehead atoms. The summed E-state index contributed by atoms with van der Waals surface area (Å²) in [6.45, 7) is 4.35. The Morgan fingerprint density at radius 2 is 2.17 bits per heavy atom. The topological polar surface area (TPSA) is 36.9 Å². The lowest BCUT2D eigenvalue weighted by Crippen LogP contribution is -2.35. The number of H-pyrrole nitrogens is 1. The van der Waals surface area contributed by atoms with Crippen LogP contribution in [0.4, 0.5) is 0 Å². The minimum Gasteiger partial charge on any atom is -0.329 e. The van der Waals surface area contributed by atoms with Crippen molar-refractivity contribution in [2.24, 2.45) is 0 Å². The zero-order chi connectivity index (χ0) is 12.4. The summed E-state index contributed by atoms with van der Waals surface area (Å²) in [7, 11) is 0. The fraction of sp³-hybridized carbons (Fsp3) is 0.500. The Kier molecular flexibility index (Phi) is 3.67. The molecule has 2 aromatic heterocycles. The van der Waals surface area contributed by atoms with Crippen LogP contribution in [-0.2, 0) is 6.54 Å². The molecule has 0 amide bonds. The third kappa shape index (κ3) is 2.46. The van der Waals surface area contributed by atoms with Gasteiger partial charge >= 0.3 is 0 Å². The quantitative estimate of drug-likeness (QED) is 0.874. The third-order valence-corrected chi connectivity index (χ3v) is 4.54.